The minimum Gasteiger partial charge on any atom is -0.462 e. The number of fused-ring (bicyclic) bond motifs is 2. The van der Waals surface area contributed by atoms with Gasteiger partial charge in [0.1, 0.15) is 12.4 Å². The van der Waals surface area contributed by atoms with Crippen LogP contribution in [-0.4, -0.2) is 96.4 Å². The minimum atomic E-state index is -0.414. The summed E-state index contributed by atoms with van der Waals surface area (Å²) < 4.78 is 6.24. The van der Waals surface area contributed by atoms with Crippen LogP contribution < -0.4 is 14.5 Å². The maximum Gasteiger partial charge on any atom is 0.318 e. The molecule has 1 fully saturated rings. The number of rotatable bonds is 10. The smallest absolute Gasteiger partial charge is 0.318 e. The Morgan fingerprint density at radius 1 is 1.20 bits per heavy atom. The molecular formula is C33H40ClN7O3. The van der Waals surface area contributed by atoms with E-state index in [0.29, 0.717) is 50.2 Å². The maximum atomic E-state index is 12.9. The lowest BCUT2D eigenvalue weighted by molar-refractivity contribution is -0.130. The number of carbonyl (C=O) groups excluding carboxylic acids is 1. The molecule has 232 valence electrons. The van der Waals surface area contributed by atoms with Crippen molar-refractivity contribution in [1.29, 1.82) is 5.26 Å². The number of anilines is 2. The summed E-state index contributed by atoms with van der Waals surface area (Å²) in [5.41, 5.74) is 3.12. The van der Waals surface area contributed by atoms with Gasteiger partial charge in [-0.3, -0.25) is 4.79 Å². The number of ether oxygens (including phenoxy) is 1. The summed E-state index contributed by atoms with van der Waals surface area (Å²) in [5.74, 6) is 0.467. The van der Waals surface area contributed by atoms with Crippen LogP contribution in [0.25, 0.3) is 10.8 Å². The van der Waals surface area contributed by atoms with E-state index in [-0.39, 0.29) is 30.0 Å². The fourth-order valence-corrected chi connectivity index (χ4v) is 6.41. The predicted molar refractivity (Wildman–Crippen MR) is 173 cm³/mol. The van der Waals surface area contributed by atoms with Crippen LogP contribution in [-0.2, 0) is 17.8 Å². The maximum absolute atomic E-state index is 12.9. The number of aliphatic hydroxyl groups is 1. The first-order chi connectivity index (χ1) is 21.2. The Morgan fingerprint density at radius 2 is 1.98 bits per heavy atom. The summed E-state index contributed by atoms with van der Waals surface area (Å²) >= 11 is 6.69. The molecule has 3 aromatic rings. The van der Waals surface area contributed by atoms with Gasteiger partial charge in [0.2, 0.25) is 0 Å². The Labute approximate surface area is 264 Å². The molecule has 0 spiro atoms. The lowest BCUT2D eigenvalue weighted by Crippen LogP contribution is -2.56. The van der Waals surface area contributed by atoms with Crippen molar-refractivity contribution in [3.05, 3.63) is 64.8 Å². The number of hydrogen-bond donors (Lipinski definition) is 1. The Bertz CT molecular complexity index is 1570. The molecule has 1 saturated heterocycles. The topological polar surface area (TPSA) is 109 Å². The van der Waals surface area contributed by atoms with Gasteiger partial charge in [-0.1, -0.05) is 49.4 Å². The van der Waals surface area contributed by atoms with Crippen LogP contribution in [0, 0.1) is 11.3 Å². The molecule has 2 atom stereocenters. The lowest BCUT2D eigenvalue weighted by atomic mass is 10.0. The molecule has 5 rings (SSSR count). The van der Waals surface area contributed by atoms with E-state index in [9.17, 15) is 15.2 Å². The van der Waals surface area contributed by atoms with Crippen molar-refractivity contribution >= 4 is 39.8 Å². The van der Waals surface area contributed by atoms with Gasteiger partial charge in [-0.05, 0) is 44.5 Å². The molecule has 3 heterocycles. The zero-order valence-electron chi connectivity index (χ0n) is 25.7. The van der Waals surface area contributed by atoms with Crippen molar-refractivity contribution in [3.8, 4) is 12.1 Å². The van der Waals surface area contributed by atoms with Crippen LogP contribution >= 0.6 is 11.6 Å². The first-order valence-corrected chi connectivity index (χ1v) is 15.5. The molecule has 0 radical (unpaired) electrons. The second kappa shape index (κ2) is 13.8. The van der Waals surface area contributed by atoms with Gasteiger partial charge in [-0.15, -0.1) is 0 Å². The molecule has 1 amide bonds. The Morgan fingerprint density at radius 3 is 2.68 bits per heavy atom. The monoisotopic (exact) mass is 617 g/mol. The van der Waals surface area contributed by atoms with Gasteiger partial charge in [-0.2, -0.15) is 15.2 Å². The molecule has 1 aromatic heterocycles. The predicted octanol–water partition coefficient (Wildman–Crippen LogP) is 4.04. The molecule has 0 saturated carbocycles. The highest BCUT2D eigenvalue weighted by atomic mass is 35.5. The zero-order valence-corrected chi connectivity index (χ0v) is 26.4. The minimum absolute atomic E-state index is 0.122. The van der Waals surface area contributed by atoms with Crippen molar-refractivity contribution in [2.24, 2.45) is 0 Å². The van der Waals surface area contributed by atoms with Gasteiger partial charge in [0.05, 0.1) is 42.4 Å². The summed E-state index contributed by atoms with van der Waals surface area (Å²) in [4.78, 5) is 31.1. The Kier molecular flexibility index (Phi) is 9.89. The van der Waals surface area contributed by atoms with E-state index < -0.39 is 6.61 Å². The first-order valence-electron chi connectivity index (χ1n) is 15.1. The van der Waals surface area contributed by atoms with E-state index in [4.69, 9.17) is 26.3 Å². The molecule has 0 bridgehead atoms. The van der Waals surface area contributed by atoms with Crippen LogP contribution in [0.2, 0.25) is 5.02 Å². The number of nitrogens with zero attached hydrogens (tertiary/aromatic N) is 7. The molecule has 10 nitrogen and oxygen atoms in total. The zero-order chi connectivity index (χ0) is 31.4. The third-order valence-corrected chi connectivity index (χ3v) is 8.98. The van der Waals surface area contributed by atoms with E-state index in [2.05, 4.69) is 58.5 Å². The van der Waals surface area contributed by atoms with Crippen molar-refractivity contribution in [1.82, 2.24) is 19.8 Å². The van der Waals surface area contributed by atoms with Gasteiger partial charge >= 0.3 is 6.01 Å². The number of amides is 1. The van der Waals surface area contributed by atoms with Crippen molar-refractivity contribution in [2.45, 2.75) is 44.8 Å². The van der Waals surface area contributed by atoms with Crippen LogP contribution in [0.3, 0.4) is 0 Å². The molecular weight excluding hydrogens is 578 g/mol. The van der Waals surface area contributed by atoms with Gasteiger partial charge < -0.3 is 29.4 Å². The third kappa shape index (κ3) is 6.46. The van der Waals surface area contributed by atoms with Crippen molar-refractivity contribution in [3.63, 3.8) is 0 Å². The van der Waals surface area contributed by atoms with E-state index in [0.717, 1.165) is 46.5 Å². The highest BCUT2D eigenvalue weighted by Crippen LogP contribution is 2.37. The van der Waals surface area contributed by atoms with Crippen LogP contribution in [0.1, 0.15) is 31.0 Å². The van der Waals surface area contributed by atoms with Crippen LogP contribution in [0.5, 0.6) is 6.01 Å². The average Bonchev–Trinajstić information content (AvgIpc) is 3.03. The summed E-state index contributed by atoms with van der Waals surface area (Å²) in [6, 6.07) is 14.6. The van der Waals surface area contributed by atoms with Gasteiger partial charge in [0, 0.05) is 54.4 Å². The fourth-order valence-electron chi connectivity index (χ4n) is 6.13. The second-order valence-electron chi connectivity index (χ2n) is 11.6. The fraction of sp³-hybridized carbons (Fsp3) is 0.455. The molecule has 2 aromatic carbocycles. The number of aliphatic hydroxyl groups excluding tert-OH is 1. The highest BCUT2D eigenvalue weighted by Gasteiger charge is 2.34. The standard InChI is InChI=1S/C33H40ClN7O3/c1-5-24(38(3)4)21-44-33-36-28-19-39(29-11-7-9-23-8-6-10-27(34)30(23)29)15-13-26(28)31(37-33)40-16-17-41(25(18-40)12-14-35)32(43)22(2)20-42/h6-11,24-25,42H,2,5,12-13,15-21H2,1,3-4H3. The number of benzene rings is 2. The van der Waals surface area contributed by atoms with Crippen molar-refractivity contribution in [2.75, 3.05) is 63.3 Å². The molecule has 44 heavy (non-hydrogen) atoms. The molecule has 0 aliphatic carbocycles. The number of nitriles is 1. The normalized spacial score (nSPS) is 17.4. The molecule has 2 unspecified atom stereocenters. The van der Waals surface area contributed by atoms with E-state index >= 15 is 0 Å². The van der Waals surface area contributed by atoms with Crippen molar-refractivity contribution < 1.29 is 14.6 Å². The van der Waals surface area contributed by atoms with Gasteiger partial charge in [0.25, 0.3) is 5.91 Å². The molecule has 2 aliphatic rings. The number of piperazine rings is 1. The summed E-state index contributed by atoms with van der Waals surface area (Å²) in [5, 5.41) is 21.9. The lowest BCUT2D eigenvalue weighted by Gasteiger charge is -2.42. The van der Waals surface area contributed by atoms with E-state index in [1.165, 1.54) is 0 Å². The molecule has 2 aliphatic heterocycles. The number of hydrogen-bond acceptors (Lipinski definition) is 9. The van der Waals surface area contributed by atoms with E-state index in [1.54, 1.807) is 4.90 Å². The quantitative estimate of drug-likeness (QED) is 0.337. The second-order valence-corrected chi connectivity index (χ2v) is 12.0. The highest BCUT2D eigenvalue weighted by molar-refractivity contribution is 6.36. The number of likely N-dealkylation sites (N-methyl/N-ethyl adjacent to an activating group) is 1. The molecule has 11 heteroatoms. The Hall–Kier alpha value is -3.91. The summed E-state index contributed by atoms with van der Waals surface area (Å²) in [7, 11) is 4.07. The average molecular weight is 618 g/mol. The van der Waals surface area contributed by atoms with Crippen LogP contribution in [0.15, 0.2) is 48.6 Å². The Balaban J connectivity index is 1.50. The van der Waals surface area contributed by atoms with Crippen LogP contribution in [0.4, 0.5) is 11.5 Å². The largest absolute Gasteiger partial charge is 0.462 e. The summed E-state index contributed by atoms with van der Waals surface area (Å²) in [6.45, 7) is 8.53. The van der Waals surface area contributed by atoms with Gasteiger partial charge in [-0.25, -0.2) is 0 Å². The summed E-state index contributed by atoms with van der Waals surface area (Å²) in [6.07, 6.45) is 1.80. The SMILES string of the molecule is C=C(CO)C(=O)N1CCN(c2nc(OCC(CC)N(C)C)nc3c2CCN(c2cccc4cccc(Cl)c24)C3)CC1CC#N. The first kappa shape index (κ1) is 31.5. The number of carbonyl (C=O) groups is 1. The molecule has 1 N–H and O–H groups in total. The number of aromatic nitrogens is 2. The third-order valence-electron chi connectivity index (χ3n) is 8.67. The number of halogens is 1. The van der Waals surface area contributed by atoms with Gasteiger partial charge in [0.15, 0.2) is 0 Å². The van der Waals surface area contributed by atoms with E-state index in [1.807, 2.05) is 26.2 Å².